The average molecular weight is 444 g/mol. The number of benzene rings is 2. The standard InChI is InChI=1S/C26H29BN2O4/c1-25(2)26(3,4)33-27(32-25)21(16-23-22-13-9-8-12-20(22)14-15-28-23)17-29-24(30)31-18-19-10-6-5-7-11-19/h5-16H,17-18H2,1-4H3,(H,29,30). The third-order valence-corrected chi connectivity index (χ3v) is 6.23. The van der Waals surface area contributed by atoms with Crippen LogP contribution in [-0.4, -0.2) is 35.9 Å². The first kappa shape index (κ1) is 23.0. The Labute approximate surface area is 195 Å². The van der Waals surface area contributed by atoms with Gasteiger partial charge in [-0.05, 0) is 56.3 Å². The van der Waals surface area contributed by atoms with Crippen LogP contribution in [0.4, 0.5) is 4.79 Å². The summed E-state index contributed by atoms with van der Waals surface area (Å²) in [5.74, 6) is 0. The Morgan fingerprint density at radius 2 is 1.67 bits per heavy atom. The molecule has 0 aliphatic carbocycles. The Bertz CT molecular complexity index is 1140. The number of aromatic nitrogens is 1. The number of fused-ring (bicyclic) bond motifs is 1. The summed E-state index contributed by atoms with van der Waals surface area (Å²) >= 11 is 0. The Balaban J connectivity index is 1.55. The SMILES string of the molecule is CC1(C)OB(C(=Cc2nccc3ccccc23)CNC(=O)OCc2ccccc2)OC1(C)C. The fourth-order valence-corrected chi connectivity index (χ4v) is 3.58. The van der Waals surface area contributed by atoms with E-state index in [0.29, 0.717) is 0 Å². The third kappa shape index (κ3) is 5.26. The van der Waals surface area contributed by atoms with Crippen molar-refractivity contribution in [2.24, 2.45) is 0 Å². The Kier molecular flexibility index (Phi) is 6.54. The molecule has 1 amide bonds. The number of carbonyl (C=O) groups is 1. The number of alkyl carbamates (subject to hydrolysis) is 1. The maximum atomic E-state index is 12.4. The summed E-state index contributed by atoms with van der Waals surface area (Å²) < 4.78 is 17.9. The molecule has 170 valence electrons. The molecule has 0 saturated carbocycles. The topological polar surface area (TPSA) is 69.7 Å². The van der Waals surface area contributed by atoms with Gasteiger partial charge in [-0.1, -0.05) is 54.6 Å². The molecule has 3 aromatic rings. The van der Waals surface area contributed by atoms with Crippen LogP contribution in [0.3, 0.4) is 0 Å². The van der Waals surface area contributed by atoms with Crippen molar-refractivity contribution in [1.82, 2.24) is 10.3 Å². The van der Waals surface area contributed by atoms with Crippen LogP contribution in [-0.2, 0) is 20.7 Å². The minimum Gasteiger partial charge on any atom is -0.445 e. The smallest absolute Gasteiger partial charge is 0.445 e. The van der Waals surface area contributed by atoms with E-state index in [-0.39, 0.29) is 13.2 Å². The number of nitrogens with zero attached hydrogens (tertiary/aromatic N) is 1. The Hall–Kier alpha value is -3.16. The molecule has 33 heavy (non-hydrogen) atoms. The lowest BCUT2D eigenvalue weighted by atomic mass is 9.77. The van der Waals surface area contributed by atoms with E-state index in [9.17, 15) is 4.79 Å². The van der Waals surface area contributed by atoms with Crippen LogP contribution in [0.15, 0.2) is 72.3 Å². The largest absolute Gasteiger partial charge is 0.492 e. The summed E-state index contributed by atoms with van der Waals surface area (Å²) in [5.41, 5.74) is 1.47. The van der Waals surface area contributed by atoms with Gasteiger partial charge >= 0.3 is 13.2 Å². The molecule has 1 saturated heterocycles. The highest BCUT2D eigenvalue weighted by atomic mass is 16.7. The second-order valence-electron chi connectivity index (χ2n) is 9.14. The summed E-state index contributed by atoms with van der Waals surface area (Å²) in [7, 11) is -0.620. The van der Waals surface area contributed by atoms with Crippen molar-refractivity contribution in [2.45, 2.75) is 45.5 Å². The number of ether oxygens (including phenoxy) is 1. The maximum absolute atomic E-state index is 12.4. The first-order chi connectivity index (χ1) is 15.7. The zero-order valence-electron chi connectivity index (χ0n) is 19.5. The van der Waals surface area contributed by atoms with Gasteiger partial charge in [0.2, 0.25) is 0 Å². The average Bonchev–Trinajstić information content (AvgIpc) is 3.02. The van der Waals surface area contributed by atoms with Gasteiger partial charge in [0.05, 0.1) is 16.9 Å². The molecule has 2 heterocycles. The second kappa shape index (κ2) is 9.37. The van der Waals surface area contributed by atoms with Crippen LogP contribution >= 0.6 is 0 Å². The molecule has 2 aromatic carbocycles. The minimum absolute atomic E-state index is 0.201. The molecule has 1 N–H and O–H groups in total. The number of pyridine rings is 1. The molecule has 0 bridgehead atoms. The zero-order chi connectivity index (χ0) is 23.5. The number of hydrogen-bond donors (Lipinski definition) is 1. The summed E-state index contributed by atoms with van der Waals surface area (Å²) in [6.45, 7) is 8.41. The van der Waals surface area contributed by atoms with Crippen molar-refractivity contribution in [2.75, 3.05) is 6.54 Å². The summed E-state index contributed by atoms with van der Waals surface area (Å²) in [6, 6.07) is 19.6. The van der Waals surface area contributed by atoms with E-state index in [1.54, 1.807) is 6.20 Å². The molecule has 1 aromatic heterocycles. The highest BCUT2D eigenvalue weighted by molar-refractivity contribution is 6.56. The summed E-state index contributed by atoms with van der Waals surface area (Å²) in [5, 5.41) is 4.94. The molecule has 4 rings (SSSR count). The first-order valence-electron chi connectivity index (χ1n) is 11.1. The van der Waals surface area contributed by atoms with Crippen LogP contribution in [0, 0.1) is 0 Å². The van der Waals surface area contributed by atoms with Gasteiger partial charge in [0, 0.05) is 18.1 Å². The molecule has 1 aliphatic rings. The number of nitrogens with one attached hydrogen (secondary N) is 1. The predicted molar refractivity (Wildman–Crippen MR) is 130 cm³/mol. The van der Waals surface area contributed by atoms with Crippen LogP contribution in [0.5, 0.6) is 0 Å². The lowest BCUT2D eigenvalue weighted by Gasteiger charge is -2.32. The number of amides is 1. The molecule has 0 spiro atoms. The first-order valence-corrected chi connectivity index (χ1v) is 11.1. The molecular weight excluding hydrogens is 415 g/mol. The highest BCUT2D eigenvalue weighted by Crippen LogP contribution is 2.38. The normalized spacial score (nSPS) is 17.2. The van der Waals surface area contributed by atoms with Gasteiger partial charge in [0.1, 0.15) is 6.61 Å². The van der Waals surface area contributed by atoms with E-state index < -0.39 is 24.4 Å². The van der Waals surface area contributed by atoms with Crippen molar-refractivity contribution >= 4 is 30.1 Å². The van der Waals surface area contributed by atoms with Crippen molar-refractivity contribution in [3.63, 3.8) is 0 Å². The maximum Gasteiger partial charge on any atom is 0.492 e. The van der Waals surface area contributed by atoms with E-state index in [0.717, 1.165) is 27.5 Å². The monoisotopic (exact) mass is 444 g/mol. The van der Waals surface area contributed by atoms with Gasteiger partial charge in [-0.25, -0.2) is 4.79 Å². The molecule has 1 fully saturated rings. The van der Waals surface area contributed by atoms with Crippen LogP contribution in [0.2, 0.25) is 0 Å². The lowest BCUT2D eigenvalue weighted by Crippen LogP contribution is -2.41. The van der Waals surface area contributed by atoms with E-state index in [2.05, 4.69) is 10.3 Å². The molecule has 0 atom stereocenters. The molecule has 6 nitrogen and oxygen atoms in total. The van der Waals surface area contributed by atoms with Crippen LogP contribution in [0.25, 0.3) is 16.8 Å². The van der Waals surface area contributed by atoms with E-state index in [1.807, 2.05) is 94.4 Å². The van der Waals surface area contributed by atoms with Crippen molar-refractivity contribution in [1.29, 1.82) is 0 Å². The van der Waals surface area contributed by atoms with E-state index in [1.165, 1.54) is 0 Å². The molecular formula is C26H29BN2O4. The quantitative estimate of drug-likeness (QED) is 0.531. The third-order valence-electron chi connectivity index (χ3n) is 6.23. The van der Waals surface area contributed by atoms with Gasteiger partial charge < -0.3 is 19.4 Å². The van der Waals surface area contributed by atoms with Gasteiger partial charge in [-0.15, -0.1) is 0 Å². The summed E-state index contributed by atoms with van der Waals surface area (Å²) in [4.78, 5) is 17.0. The number of rotatable bonds is 6. The fraction of sp³-hybridized carbons (Fsp3) is 0.308. The Morgan fingerprint density at radius 1 is 1.00 bits per heavy atom. The van der Waals surface area contributed by atoms with Gasteiger partial charge in [0.25, 0.3) is 0 Å². The molecule has 0 unspecified atom stereocenters. The van der Waals surface area contributed by atoms with Gasteiger partial charge in [-0.2, -0.15) is 0 Å². The number of carbonyl (C=O) groups excluding carboxylic acids is 1. The second-order valence-corrected chi connectivity index (χ2v) is 9.14. The summed E-state index contributed by atoms with van der Waals surface area (Å²) in [6.07, 6.45) is 3.20. The minimum atomic E-state index is -0.620. The molecule has 0 radical (unpaired) electrons. The lowest BCUT2D eigenvalue weighted by molar-refractivity contribution is 0.00578. The highest BCUT2D eigenvalue weighted by Gasteiger charge is 2.52. The van der Waals surface area contributed by atoms with Crippen molar-refractivity contribution in [3.05, 3.63) is 83.6 Å². The zero-order valence-corrected chi connectivity index (χ0v) is 19.5. The van der Waals surface area contributed by atoms with Crippen LogP contribution in [0.1, 0.15) is 39.0 Å². The van der Waals surface area contributed by atoms with E-state index in [4.69, 9.17) is 14.0 Å². The number of hydrogen-bond acceptors (Lipinski definition) is 5. The van der Waals surface area contributed by atoms with Gasteiger partial charge in [-0.3, -0.25) is 4.98 Å². The fourth-order valence-electron chi connectivity index (χ4n) is 3.58. The van der Waals surface area contributed by atoms with Crippen molar-refractivity contribution < 1.29 is 18.8 Å². The van der Waals surface area contributed by atoms with Gasteiger partial charge in [0.15, 0.2) is 0 Å². The van der Waals surface area contributed by atoms with Crippen LogP contribution < -0.4 is 5.32 Å². The van der Waals surface area contributed by atoms with Crippen molar-refractivity contribution in [3.8, 4) is 0 Å². The molecule has 7 heteroatoms. The predicted octanol–water partition coefficient (Wildman–Crippen LogP) is 5.18. The van der Waals surface area contributed by atoms with E-state index >= 15 is 0 Å². The molecule has 1 aliphatic heterocycles. The Morgan fingerprint density at radius 3 is 2.39 bits per heavy atom.